The third-order valence-electron chi connectivity index (χ3n) is 5.61. The first kappa shape index (κ1) is 26.3. The van der Waals surface area contributed by atoms with Gasteiger partial charge in [0.1, 0.15) is 6.54 Å². The molecule has 1 N–H and O–H groups in total. The Morgan fingerprint density at radius 1 is 1.00 bits per heavy atom. The number of amides is 3. The summed E-state index contributed by atoms with van der Waals surface area (Å²) in [6, 6.07) is 6.10. The topological polar surface area (TPSA) is 119 Å². The van der Waals surface area contributed by atoms with Gasteiger partial charge in [-0.2, -0.15) is 0 Å². The normalized spacial score (nSPS) is 24.1. The van der Waals surface area contributed by atoms with Crippen molar-refractivity contribution in [2.75, 3.05) is 25.1 Å². The molecule has 0 aromatic heterocycles. The Morgan fingerprint density at radius 2 is 1.56 bits per heavy atom. The van der Waals surface area contributed by atoms with E-state index in [1.165, 1.54) is 24.3 Å². The van der Waals surface area contributed by atoms with Crippen LogP contribution in [0.2, 0.25) is 0 Å². The van der Waals surface area contributed by atoms with Crippen molar-refractivity contribution in [1.29, 1.82) is 0 Å². The summed E-state index contributed by atoms with van der Waals surface area (Å²) < 4.78 is 10.1. The number of nitrogens with zero attached hydrogens (tertiary/aromatic N) is 1. The van der Waals surface area contributed by atoms with Gasteiger partial charge >= 0.3 is 11.9 Å². The van der Waals surface area contributed by atoms with E-state index in [2.05, 4.69) is 37.2 Å². The maximum atomic E-state index is 12.6. The number of likely N-dealkylation sites (tertiary alicyclic amines) is 1. The molecule has 1 saturated heterocycles. The van der Waals surface area contributed by atoms with Crippen molar-refractivity contribution >= 4 is 67.2 Å². The van der Waals surface area contributed by atoms with Crippen molar-refractivity contribution in [2.24, 2.45) is 17.8 Å². The SMILES string of the molecule is CC(C)COC(=O)c1ccc(NC(=O)COC(=O)CN2C(=O)[C@@H]3C[C@H](Br)[C@@H](Br)C[C@H]3C2=O)cc1. The Labute approximate surface area is 214 Å². The van der Waals surface area contributed by atoms with E-state index in [0.29, 0.717) is 30.7 Å². The number of nitrogens with one attached hydrogen (secondary N) is 1. The Morgan fingerprint density at radius 3 is 2.09 bits per heavy atom. The number of carbonyl (C=O) groups is 5. The predicted molar refractivity (Wildman–Crippen MR) is 130 cm³/mol. The first-order chi connectivity index (χ1) is 16.1. The Hall–Kier alpha value is -2.27. The zero-order valence-electron chi connectivity index (χ0n) is 18.8. The van der Waals surface area contributed by atoms with Gasteiger partial charge in [-0.05, 0) is 43.0 Å². The summed E-state index contributed by atoms with van der Waals surface area (Å²) >= 11 is 7.02. The largest absolute Gasteiger partial charge is 0.462 e. The van der Waals surface area contributed by atoms with E-state index in [0.717, 1.165) is 4.90 Å². The van der Waals surface area contributed by atoms with E-state index in [1.54, 1.807) is 0 Å². The molecule has 9 nitrogen and oxygen atoms in total. The molecule has 0 spiro atoms. The van der Waals surface area contributed by atoms with Gasteiger partial charge in [-0.25, -0.2) is 4.79 Å². The molecular weight excluding hydrogens is 576 g/mol. The molecule has 2 aliphatic rings. The van der Waals surface area contributed by atoms with Crippen molar-refractivity contribution in [1.82, 2.24) is 4.90 Å². The molecule has 1 aromatic rings. The molecule has 3 amide bonds. The van der Waals surface area contributed by atoms with Crippen LogP contribution in [0.4, 0.5) is 5.69 Å². The van der Waals surface area contributed by atoms with Gasteiger partial charge in [-0.1, -0.05) is 45.7 Å². The highest BCUT2D eigenvalue weighted by molar-refractivity contribution is 9.12. The van der Waals surface area contributed by atoms with Gasteiger partial charge in [0.2, 0.25) is 11.8 Å². The molecule has 1 saturated carbocycles. The van der Waals surface area contributed by atoms with Crippen LogP contribution in [0, 0.1) is 17.8 Å². The number of fused-ring (bicyclic) bond motifs is 1. The monoisotopic (exact) mass is 600 g/mol. The van der Waals surface area contributed by atoms with Crippen LogP contribution in [-0.2, 0) is 28.7 Å². The number of hydrogen-bond acceptors (Lipinski definition) is 7. The molecule has 0 radical (unpaired) electrons. The number of carbonyl (C=O) groups excluding carboxylic acids is 5. The number of anilines is 1. The number of hydrogen-bond donors (Lipinski definition) is 1. The second-order valence-corrected chi connectivity index (χ2v) is 11.1. The summed E-state index contributed by atoms with van der Waals surface area (Å²) in [7, 11) is 0. The molecule has 1 aliphatic heterocycles. The van der Waals surface area contributed by atoms with Crippen LogP contribution in [0.25, 0.3) is 0 Å². The Balaban J connectivity index is 1.45. The third-order valence-corrected chi connectivity index (χ3v) is 8.34. The van der Waals surface area contributed by atoms with Crippen LogP contribution in [-0.4, -0.2) is 64.0 Å². The zero-order chi connectivity index (χ0) is 25.0. The van der Waals surface area contributed by atoms with Gasteiger partial charge in [-0.15, -0.1) is 0 Å². The third kappa shape index (κ3) is 6.44. The van der Waals surface area contributed by atoms with Crippen molar-refractivity contribution < 1.29 is 33.4 Å². The number of imide groups is 1. The van der Waals surface area contributed by atoms with Crippen LogP contribution in [0.15, 0.2) is 24.3 Å². The van der Waals surface area contributed by atoms with Crippen molar-refractivity contribution in [3.8, 4) is 0 Å². The lowest BCUT2D eigenvalue weighted by Crippen LogP contribution is -2.37. The summed E-state index contributed by atoms with van der Waals surface area (Å²) in [6.45, 7) is 3.08. The van der Waals surface area contributed by atoms with Crippen molar-refractivity contribution in [3.05, 3.63) is 29.8 Å². The highest BCUT2D eigenvalue weighted by Crippen LogP contribution is 2.43. The van der Waals surface area contributed by atoms with Crippen LogP contribution in [0.5, 0.6) is 0 Å². The van der Waals surface area contributed by atoms with E-state index >= 15 is 0 Å². The molecule has 2 fully saturated rings. The van der Waals surface area contributed by atoms with Gasteiger partial charge in [0.15, 0.2) is 6.61 Å². The average Bonchev–Trinajstić information content (AvgIpc) is 3.01. The summed E-state index contributed by atoms with van der Waals surface area (Å²) in [5.74, 6) is -3.34. The molecule has 34 heavy (non-hydrogen) atoms. The highest BCUT2D eigenvalue weighted by atomic mass is 79.9. The summed E-state index contributed by atoms with van der Waals surface area (Å²) in [6.07, 6.45) is 1.01. The lowest BCUT2D eigenvalue weighted by molar-refractivity contribution is -0.154. The van der Waals surface area contributed by atoms with E-state index in [4.69, 9.17) is 9.47 Å². The fourth-order valence-electron chi connectivity index (χ4n) is 3.85. The fraction of sp³-hybridized carbons (Fsp3) is 0.522. The molecule has 1 aliphatic carbocycles. The van der Waals surface area contributed by atoms with Gasteiger partial charge in [0.05, 0.1) is 24.0 Å². The summed E-state index contributed by atoms with van der Waals surface area (Å²) in [4.78, 5) is 62.5. The molecule has 0 unspecified atom stereocenters. The van der Waals surface area contributed by atoms with Crippen molar-refractivity contribution in [2.45, 2.75) is 36.3 Å². The molecular formula is C23H26Br2N2O7. The number of esters is 2. The van der Waals surface area contributed by atoms with E-state index in [9.17, 15) is 24.0 Å². The van der Waals surface area contributed by atoms with Gasteiger partial charge in [-0.3, -0.25) is 24.1 Å². The predicted octanol–water partition coefficient (Wildman–Crippen LogP) is 2.90. The highest BCUT2D eigenvalue weighted by Gasteiger charge is 2.52. The fourth-order valence-corrected chi connectivity index (χ4v) is 5.09. The quantitative estimate of drug-likeness (QED) is 0.276. The molecule has 1 aromatic carbocycles. The van der Waals surface area contributed by atoms with Crippen LogP contribution >= 0.6 is 31.9 Å². The molecule has 0 bridgehead atoms. The van der Waals surface area contributed by atoms with E-state index in [1.807, 2.05) is 13.8 Å². The van der Waals surface area contributed by atoms with Crippen molar-refractivity contribution in [3.63, 3.8) is 0 Å². The maximum absolute atomic E-state index is 12.6. The average molecular weight is 602 g/mol. The van der Waals surface area contributed by atoms with E-state index < -0.39 is 42.8 Å². The van der Waals surface area contributed by atoms with Gasteiger partial charge in [0.25, 0.3) is 5.91 Å². The summed E-state index contributed by atoms with van der Waals surface area (Å²) in [5.41, 5.74) is 0.757. The second kappa shape index (κ2) is 11.4. The Bertz CT molecular complexity index is 939. The molecule has 3 rings (SSSR count). The minimum atomic E-state index is -0.843. The second-order valence-electron chi connectivity index (χ2n) is 8.76. The maximum Gasteiger partial charge on any atom is 0.338 e. The lowest BCUT2D eigenvalue weighted by atomic mass is 9.81. The molecule has 11 heteroatoms. The molecule has 184 valence electrons. The molecule has 4 atom stereocenters. The first-order valence-electron chi connectivity index (χ1n) is 10.9. The minimum Gasteiger partial charge on any atom is -0.462 e. The number of alkyl halides is 2. The zero-order valence-corrected chi connectivity index (χ0v) is 22.0. The number of halogens is 2. The Kier molecular flexibility index (Phi) is 8.86. The van der Waals surface area contributed by atoms with Gasteiger partial charge in [0, 0.05) is 15.3 Å². The smallest absolute Gasteiger partial charge is 0.338 e. The molecule has 1 heterocycles. The van der Waals surface area contributed by atoms with Crippen LogP contribution in [0.3, 0.4) is 0 Å². The van der Waals surface area contributed by atoms with Gasteiger partial charge < -0.3 is 14.8 Å². The lowest BCUT2D eigenvalue weighted by Gasteiger charge is -2.29. The first-order valence-corrected chi connectivity index (χ1v) is 12.8. The van der Waals surface area contributed by atoms with Crippen LogP contribution in [0.1, 0.15) is 37.0 Å². The number of ether oxygens (including phenoxy) is 2. The number of rotatable bonds is 8. The minimum absolute atomic E-state index is 0.0702. The van der Waals surface area contributed by atoms with Crippen LogP contribution < -0.4 is 5.32 Å². The standard InChI is InChI=1S/C23H26Br2N2O7/c1-12(2)10-34-23(32)13-3-5-14(6-4-13)26-19(28)11-33-20(29)9-27-21(30)15-7-17(24)18(25)8-16(15)22(27)31/h3-6,12,15-18H,7-11H2,1-2H3,(H,26,28)/t15-,16-,17+,18+/m1/s1. The van der Waals surface area contributed by atoms with E-state index in [-0.39, 0.29) is 27.4 Å². The number of benzene rings is 1. The summed E-state index contributed by atoms with van der Waals surface area (Å²) in [5, 5.41) is 2.55.